The van der Waals surface area contributed by atoms with Crippen molar-refractivity contribution in [1.29, 1.82) is 0 Å². The van der Waals surface area contributed by atoms with Gasteiger partial charge in [-0.2, -0.15) is 13.2 Å². The van der Waals surface area contributed by atoms with Crippen LogP contribution >= 0.6 is 0 Å². The Kier molecular flexibility index (Phi) is 5.51. The average Bonchev–Trinajstić information content (AvgIpc) is 3.21. The highest BCUT2D eigenvalue weighted by molar-refractivity contribution is 5.96. The largest absolute Gasteiger partial charge is 0.416 e. The molecule has 9 heteroatoms. The van der Waals surface area contributed by atoms with Gasteiger partial charge in [-0.1, -0.05) is 25.1 Å². The number of ketones is 1. The minimum atomic E-state index is -4.41. The zero-order valence-corrected chi connectivity index (χ0v) is 16.9. The lowest BCUT2D eigenvalue weighted by Gasteiger charge is -2.32. The number of carbonyl (C=O) groups excluding carboxylic acids is 2. The lowest BCUT2D eigenvalue weighted by molar-refractivity contribution is -0.138. The summed E-state index contributed by atoms with van der Waals surface area (Å²) < 4.78 is 41.5. The summed E-state index contributed by atoms with van der Waals surface area (Å²) >= 11 is 0. The fourth-order valence-corrected chi connectivity index (χ4v) is 4.05. The molecule has 0 aliphatic carbocycles. The monoisotopic (exact) mass is 430 g/mol. The summed E-state index contributed by atoms with van der Waals surface area (Å²) in [5.74, 6) is -0.588. The highest BCUT2D eigenvalue weighted by Crippen LogP contribution is 2.38. The van der Waals surface area contributed by atoms with Crippen LogP contribution in [0, 0.1) is 0 Å². The SMILES string of the molecule is CCC(=O)c1ccc2nnc(C(=O)N3CCC(c4ccccc4C(F)(F)F)CC3)n2c1. The van der Waals surface area contributed by atoms with Crippen LogP contribution in [0.15, 0.2) is 42.6 Å². The third kappa shape index (κ3) is 4.04. The Bertz CT molecular complexity index is 1130. The van der Waals surface area contributed by atoms with E-state index in [0.717, 1.165) is 6.07 Å². The summed E-state index contributed by atoms with van der Waals surface area (Å²) in [5.41, 5.74) is 0.574. The summed E-state index contributed by atoms with van der Waals surface area (Å²) in [6.45, 7) is 2.39. The second-order valence-corrected chi connectivity index (χ2v) is 7.60. The maximum Gasteiger partial charge on any atom is 0.416 e. The molecule has 4 rings (SSSR count). The average molecular weight is 430 g/mol. The number of halogens is 3. The molecule has 0 N–H and O–H groups in total. The van der Waals surface area contributed by atoms with Crippen LogP contribution in [0.1, 0.15) is 64.2 Å². The summed E-state index contributed by atoms with van der Waals surface area (Å²) in [6.07, 6.45) is -1.66. The third-order valence-electron chi connectivity index (χ3n) is 5.72. The second kappa shape index (κ2) is 8.13. The quantitative estimate of drug-likeness (QED) is 0.577. The van der Waals surface area contributed by atoms with Gasteiger partial charge in [0.25, 0.3) is 5.91 Å². The van der Waals surface area contributed by atoms with Crippen LogP contribution in [0.2, 0.25) is 0 Å². The minimum absolute atomic E-state index is 0.0573. The number of piperidine rings is 1. The first-order valence-electron chi connectivity index (χ1n) is 10.1. The number of nitrogens with zero attached hydrogens (tertiary/aromatic N) is 4. The van der Waals surface area contributed by atoms with Gasteiger partial charge < -0.3 is 4.90 Å². The molecule has 31 heavy (non-hydrogen) atoms. The zero-order chi connectivity index (χ0) is 22.2. The Hall–Kier alpha value is -3.23. The summed E-state index contributed by atoms with van der Waals surface area (Å²) in [4.78, 5) is 26.6. The van der Waals surface area contributed by atoms with E-state index in [1.165, 1.54) is 16.5 Å². The first kappa shape index (κ1) is 21.0. The standard InChI is InChI=1S/C22H21F3N4O2/c1-2-18(30)15-7-8-19-26-27-20(29(19)13-15)21(31)28-11-9-14(10-12-28)16-5-3-4-6-17(16)22(23,24)25/h3-8,13-14H,2,9-12H2,1H3. The molecular weight excluding hydrogens is 409 g/mol. The van der Waals surface area contributed by atoms with Gasteiger partial charge in [-0.3, -0.25) is 14.0 Å². The van der Waals surface area contributed by atoms with Gasteiger partial charge in [-0.05, 0) is 42.5 Å². The van der Waals surface area contributed by atoms with E-state index in [9.17, 15) is 22.8 Å². The Balaban J connectivity index is 1.53. The molecule has 2 aromatic heterocycles. The number of aromatic nitrogens is 3. The normalized spacial score (nSPS) is 15.4. The van der Waals surface area contributed by atoms with E-state index in [-0.39, 0.29) is 29.0 Å². The number of hydrogen-bond donors (Lipinski definition) is 0. The molecule has 0 saturated carbocycles. The molecule has 0 radical (unpaired) electrons. The topological polar surface area (TPSA) is 67.6 Å². The second-order valence-electron chi connectivity index (χ2n) is 7.60. The maximum absolute atomic E-state index is 13.4. The van der Waals surface area contributed by atoms with E-state index in [0.29, 0.717) is 43.6 Å². The number of amides is 1. The highest BCUT2D eigenvalue weighted by Gasteiger charge is 2.36. The lowest BCUT2D eigenvalue weighted by atomic mass is 9.86. The molecule has 1 amide bonds. The van der Waals surface area contributed by atoms with Crippen molar-refractivity contribution in [3.63, 3.8) is 0 Å². The molecule has 162 valence electrons. The molecule has 1 aromatic carbocycles. The number of pyridine rings is 1. The molecule has 0 bridgehead atoms. The zero-order valence-electron chi connectivity index (χ0n) is 16.9. The summed E-state index contributed by atoms with van der Waals surface area (Å²) in [7, 11) is 0. The van der Waals surface area contributed by atoms with Gasteiger partial charge in [0.15, 0.2) is 11.4 Å². The van der Waals surface area contributed by atoms with Crippen molar-refractivity contribution in [1.82, 2.24) is 19.5 Å². The van der Waals surface area contributed by atoms with Crippen molar-refractivity contribution in [3.8, 4) is 0 Å². The molecular formula is C22H21F3N4O2. The Morgan fingerprint density at radius 3 is 2.45 bits per heavy atom. The van der Waals surface area contributed by atoms with Gasteiger partial charge in [0, 0.05) is 31.3 Å². The van der Waals surface area contributed by atoms with Gasteiger partial charge in [0.05, 0.1) is 5.56 Å². The van der Waals surface area contributed by atoms with Crippen LogP contribution in [0.25, 0.3) is 5.65 Å². The third-order valence-corrected chi connectivity index (χ3v) is 5.72. The molecule has 0 spiro atoms. The molecule has 0 unspecified atom stereocenters. The van der Waals surface area contributed by atoms with Crippen molar-refractivity contribution in [3.05, 3.63) is 65.1 Å². The number of alkyl halides is 3. The number of likely N-dealkylation sites (tertiary alicyclic amines) is 1. The smallest absolute Gasteiger partial charge is 0.336 e. The predicted octanol–water partition coefficient (Wildman–Crippen LogP) is 4.36. The Labute approximate surface area is 176 Å². The molecule has 1 aliphatic rings. The summed E-state index contributed by atoms with van der Waals surface area (Å²) in [6, 6.07) is 8.90. The number of rotatable bonds is 4. The predicted molar refractivity (Wildman–Crippen MR) is 107 cm³/mol. The van der Waals surface area contributed by atoms with Gasteiger partial charge in [-0.15, -0.1) is 10.2 Å². The summed E-state index contributed by atoms with van der Waals surface area (Å²) in [5, 5.41) is 7.97. The molecule has 1 aliphatic heterocycles. The number of Topliss-reactive ketones (excluding diaryl/α,β-unsaturated/α-hetero) is 1. The van der Waals surface area contributed by atoms with Crippen molar-refractivity contribution < 1.29 is 22.8 Å². The van der Waals surface area contributed by atoms with Crippen LogP contribution < -0.4 is 0 Å². The maximum atomic E-state index is 13.4. The van der Waals surface area contributed by atoms with E-state index >= 15 is 0 Å². The molecule has 6 nitrogen and oxygen atoms in total. The van der Waals surface area contributed by atoms with Crippen LogP contribution in [0.3, 0.4) is 0 Å². The number of hydrogen-bond acceptors (Lipinski definition) is 4. The number of benzene rings is 1. The molecule has 1 saturated heterocycles. The van der Waals surface area contributed by atoms with Crippen LogP contribution in [0.5, 0.6) is 0 Å². The van der Waals surface area contributed by atoms with Gasteiger partial charge in [-0.25, -0.2) is 0 Å². The number of carbonyl (C=O) groups is 2. The fourth-order valence-electron chi connectivity index (χ4n) is 4.05. The van der Waals surface area contributed by atoms with Gasteiger partial charge >= 0.3 is 6.18 Å². The number of fused-ring (bicyclic) bond motifs is 1. The van der Waals surface area contributed by atoms with E-state index in [1.54, 1.807) is 36.2 Å². The molecule has 3 heterocycles. The Morgan fingerprint density at radius 1 is 1.06 bits per heavy atom. The van der Waals surface area contributed by atoms with Crippen LogP contribution in [-0.2, 0) is 6.18 Å². The van der Waals surface area contributed by atoms with Crippen LogP contribution in [0.4, 0.5) is 13.2 Å². The van der Waals surface area contributed by atoms with E-state index in [2.05, 4.69) is 10.2 Å². The fraction of sp³-hybridized carbons (Fsp3) is 0.364. The Morgan fingerprint density at radius 2 is 1.77 bits per heavy atom. The van der Waals surface area contributed by atoms with Gasteiger partial charge in [0.1, 0.15) is 0 Å². The lowest BCUT2D eigenvalue weighted by Crippen LogP contribution is -2.39. The van der Waals surface area contributed by atoms with Crippen molar-refractivity contribution in [2.45, 2.75) is 38.3 Å². The first-order chi connectivity index (χ1) is 14.8. The first-order valence-corrected chi connectivity index (χ1v) is 10.1. The minimum Gasteiger partial charge on any atom is -0.336 e. The molecule has 0 atom stereocenters. The highest BCUT2D eigenvalue weighted by atomic mass is 19.4. The van der Waals surface area contributed by atoms with Crippen molar-refractivity contribution in [2.24, 2.45) is 0 Å². The molecule has 1 fully saturated rings. The van der Waals surface area contributed by atoms with Crippen molar-refractivity contribution in [2.75, 3.05) is 13.1 Å². The van der Waals surface area contributed by atoms with E-state index in [4.69, 9.17) is 0 Å². The van der Waals surface area contributed by atoms with Gasteiger partial charge in [0.2, 0.25) is 5.82 Å². The van der Waals surface area contributed by atoms with E-state index in [1.807, 2.05) is 0 Å². The van der Waals surface area contributed by atoms with Crippen molar-refractivity contribution >= 4 is 17.3 Å². The molecule has 3 aromatic rings. The van der Waals surface area contributed by atoms with Crippen LogP contribution in [-0.4, -0.2) is 44.3 Å². The van der Waals surface area contributed by atoms with E-state index < -0.39 is 11.7 Å².